The van der Waals surface area contributed by atoms with Gasteiger partial charge in [0.2, 0.25) is 0 Å². The summed E-state index contributed by atoms with van der Waals surface area (Å²) in [6.45, 7) is 4.24. The SMILES string of the molecule is CCCOc1cccc(C(=O)NCC2(O)CCNC2)c1. The van der Waals surface area contributed by atoms with Gasteiger partial charge in [0.05, 0.1) is 12.2 Å². The number of rotatable bonds is 6. The maximum absolute atomic E-state index is 12.1. The van der Waals surface area contributed by atoms with Gasteiger partial charge in [-0.3, -0.25) is 4.79 Å². The molecule has 5 heteroatoms. The number of β-amino-alcohol motifs (C(OH)–C–C–N with tert-alkyl or cyclic N) is 1. The van der Waals surface area contributed by atoms with Crippen LogP contribution < -0.4 is 15.4 Å². The van der Waals surface area contributed by atoms with Crippen LogP contribution in [0.2, 0.25) is 0 Å². The Hall–Kier alpha value is -1.59. The van der Waals surface area contributed by atoms with E-state index < -0.39 is 5.60 Å². The third-order valence-corrected chi connectivity index (χ3v) is 3.37. The molecule has 20 heavy (non-hydrogen) atoms. The second-order valence-corrected chi connectivity index (χ2v) is 5.21. The van der Waals surface area contributed by atoms with Gasteiger partial charge in [0.15, 0.2) is 0 Å². The van der Waals surface area contributed by atoms with Gasteiger partial charge in [-0.25, -0.2) is 0 Å². The van der Waals surface area contributed by atoms with Crippen molar-refractivity contribution in [3.8, 4) is 5.75 Å². The molecule has 1 aliphatic heterocycles. The number of aliphatic hydroxyl groups is 1. The zero-order valence-corrected chi connectivity index (χ0v) is 11.8. The molecule has 0 saturated carbocycles. The standard InChI is InChI=1S/C15H22N2O3/c1-2-8-20-13-5-3-4-12(9-13)14(18)17-11-15(19)6-7-16-10-15/h3-5,9,16,19H,2,6-8,10-11H2,1H3,(H,17,18). The monoisotopic (exact) mass is 278 g/mol. The van der Waals surface area contributed by atoms with E-state index in [0.717, 1.165) is 13.0 Å². The molecule has 5 nitrogen and oxygen atoms in total. The number of carbonyl (C=O) groups excluding carboxylic acids is 1. The fourth-order valence-electron chi connectivity index (χ4n) is 2.18. The Bertz CT molecular complexity index is 456. The van der Waals surface area contributed by atoms with E-state index in [4.69, 9.17) is 4.74 Å². The number of ether oxygens (including phenoxy) is 1. The molecule has 1 aromatic rings. The average molecular weight is 278 g/mol. The number of nitrogens with one attached hydrogen (secondary N) is 2. The fourth-order valence-corrected chi connectivity index (χ4v) is 2.18. The van der Waals surface area contributed by atoms with Gasteiger partial charge in [-0.2, -0.15) is 0 Å². The summed E-state index contributed by atoms with van der Waals surface area (Å²) < 4.78 is 5.50. The predicted octanol–water partition coefficient (Wildman–Crippen LogP) is 0.930. The largest absolute Gasteiger partial charge is 0.494 e. The first-order chi connectivity index (χ1) is 9.63. The van der Waals surface area contributed by atoms with Crippen molar-refractivity contribution in [1.29, 1.82) is 0 Å². The molecule has 1 aliphatic rings. The minimum Gasteiger partial charge on any atom is -0.494 e. The summed E-state index contributed by atoms with van der Waals surface area (Å²) in [6, 6.07) is 7.10. The van der Waals surface area contributed by atoms with Crippen molar-refractivity contribution in [3.63, 3.8) is 0 Å². The lowest BCUT2D eigenvalue weighted by molar-refractivity contribution is 0.0562. The molecule has 1 fully saturated rings. The van der Waals surface area contributed by atoms with Crippen molar-refractivity contribution in [2.24, 2.45) is 0 Å². The molecule has 1 unspecified atom stereocenters. The molecule has 1 amide bonds. The van der Waals surface area contributed by atoms with Gasteiger partial charge in [-0.1, -0.05) is 13.0 Å². The highest BCUT2D eigenvalue weighted by Crippen LogP contribution is 2.15. The van der Waals surface area contributed by atoms with E-state index in [0.29, 0.717) is 30.9 Å². The van der Waals surface area contributed by atoms with E-state index in [2.05, 4.69) is 10.6 Å². The molecule has 3 N–H and O–H groups in total. The van der Waals surface area contributed by atoms with Crippen LogP contribution in [0.25, 0.3) is 0 Å². The normalized spacial score (nSPS) is 21.7. The van der Waals surface area contributed by atoms with E-state index in [9.17, 15) is 9.90 Å². The van der Waals surface area contributed by atoms with Crippen LogP contribution in [0.15, 0.2) is 24.3 Å². The maximum atomic E-state index is 12.1. The first-order valence-electron chi connectivity index (χ1n) is 7.07. The highest BCUT2D eigenvalue weighted by atomic mass is 16.5. The van der Waals surface area contributed by atoms with Crippen molar-refractivity contribution in [3.05, 3.63) is 29.8 Å². The van der Waals surface area contributed by atoms with E-state index in [1.165, 1.54) is 0 Å². The Labute approximate surface area is 119 Å². The molecule has 0 spiro atoms. The zero-order valence-electron chi connectivity index (χ0n) is 11.8. The third-order valence-electron chi connectivity index (χ3n) is 3.37. The van der Waals surface area contributed by atoms with Crippen molar-refractivity contribution in [2.75, 3.05) is 26.2 Å². The average Bonchev–Trinajstić information content (AvgIpc) is 2.90. The van der Waals surface area contributed by atoms with Crippen LogP contribution in [0.5, 0.6) is 5.75 Å². The smallest absolute Gasteiger partial charge is 0.251 e. The first kappa shape index (κ1) is 14.8. The van der Waals surface area contributed by atoms with Crippen molar-refractivity contribution in [1.82, 2.24) is 10.6 Å². The second kappa shape index (κ2) is 6.72. The maximum Gasteiger partial charge on any atom is 0.251 e. The van der Waals surface area contributed by atoms with Gasteiger partial charge in [-0.05, 0) is 37.6 Å². The highest BCUT2D eigenvalue weighted by Gasteiger charge is 2.31. The summed E-state index contributed by atoms with van der Waals surface area (Å²) in [5.41, 5.74) is -0.278. The van der Waals surface area contributed by atoms with Crippen molar-refractivity contribution >= 4 is 5.91 Å². The van der Waals surface area contributed by atoms with Crippen LogP contribution in [0, 0.1) is 0 Å². The van der Waals surface area contributed by atoms with Gasteiger partial charge in [0.25, 0.3) is 5.91 Å². The second-order valence-electron chi connectivity index (χ2n) is 5.21. The van der Waals surface area contributed by atoms with Crippen LogP contribution in [0.1, 0.15) is 30.1 Å². The minimum atomic E-state index is -0.827. The molecule has 0 aliphatic carbocycles. The van der Waals surface area contributed by atoms with Crippen LogP contribution in [-0.4, -0.2) is 42.9 Å². The fraction of sp³-hybridized carbons (Fsp3) is 0.533. The highest BCUT2D eigenvalue weighted by molar-refractivity contribution is 5.94. The Balaban J connectivity index is 1.91. The summed E-state index contributed by atoms with van der Waals surface area (Å²) in [4.78, 5) is 12.1. The number of carbonyl (C=O) groups is 1. The lowest BCUT2D eigenvalue weighted by Crippen LogP contribution is -2.44. The van der Waals surface area contributed by atoms with E-state index in [-0.39, 0.29) is 12.5 Å². The topological polar surface area (TPSA) is 70.6 Å². The molecule has 1 heterocycles. The van der Waals surface area contributed by atoms with E-state index in [1.54, 1.807) is 18.2 Å². The van der Waals surface area contributed by atoms with Gasteiger partial charge in [0, 0.05) is 18.7 Å². The van der Waals surface area contributed by atoms with Crippen molar-refractivity contribution in [2.45, 2.75) is 25.4 Å². The van der Waals surface area contributed by atoms with E-state index >= 15 is 0 Å². The first-order valence-corrected chi connectivity index (χ1v) is 7.07. The lowest BCUT2D eigenvalue weighted by atomic mass is 10.0. The summed E-state index contributed by atoms with van der Waals surface area (Å²) in [5, 5.41) is 16.0. The Morgan fingerprint density at radius 2 is 2.40 bits per heavy atom. The van der Waals surface area contributed by atoms with Gasteiger partial charge in [-0.15, -0.1) is 0 Å². The van der Waals surface area contributed by atoms with Gasteiger partial charge < -0.3 is 20.5 Å². The van der Waals surface area contributed by atoms with Crippen LogP contribution in [0.4, 0.5) is 0 Å². The summed E-state index contributed by atoms with van der Waals surface area (Å²) >= 11 is 0. The molecular weight excluding hydrogens is 256 g/mol. The molecular formula is C15H22N2O3. The minimum absolute atomic E-state index is 0.188. The zero-order chi connectivity index (χ0) is 14.4. The predicted molar refractivity (Wildman–Crippen MR) is 77.0 cm³/mol. The molecule has 0 aromatic heterocycles. The summed E-state index contributed by atoms with van der Waals surface area (Å²) in [6.07, 6.45) is 1.59. The molecule has 1 saturated heterocycles. The summed E-state index contributed by atoms with van der Waals surface area (Å²) in [7, 11) is 0. The number of hydrogen-bond donors (Lipinski definition) is 3. The van der Waals surface area contributed by atoms with Crippen LogP contribution in [0.3, 0.4) is 0 Å². The molecule has 0 radical (unpaired) electrons. The third kappa shape index (κ3) is 3.95. The number of hydrogen-bond acceptors (Lipinski definition) is 4. The molecule has 0 bridgehead atoms. The molecule has 1 aromatic carbocycles. The Morgan fingerprint density at radius 1 is 1.55 bits per heavy atom. The number of benzene rings is 1. The summed E-state index contributed by atoms with van der Waals surface area (Å²) in [5.74, 6) is 0.507. The Morgan fingerprint density at radius 3 is 3.10 bits per heavy atom. The van der Waals surface area contributed by atoms with Gasteiger partial charge >= 0.3 is 0 Å². The lowest BCUT2D eigenvalue weighted by Gasteiger charge is -2.21. The van der Waals surface area contributed by atoms with Crippen molar-refractivity contribution < 1.29 is 14.6 Å². The quantitative estimate of drug-likeness (QED) is 0.724. The van der Waals surface area contributed by atoms with Gasteiger partial charge in [0.1, 0.15) is 5.75 Å². The number of amides is 1. The molecule has 2 rings (SSSR count). The Kier molecular flexibility index (Phi) is 4.98. The molecule has 110 valence electrons. The van der Waals surface area contributed by atoms with E-state index in [1.807, 2.05) is 13.0 Å². The van der Waals surface area contributed by atoms with Crippen LogP contribution >= 0.6 is 0 Å². The molecule has 1 atom stereocenters. The van der Waals surface area contributed by atoms with Crippen LogP contribution in [-0.2, 0) is 0 Å².